The van der Waals surface area contributed by atoms with E-state index in [1.54, 1.807) is 6.07 Å². The molecule has 0 unspecified atom stereocenters. The van der Waals surface area contributed by atoms with Crippen LogP contribution >= 0.6 is 0 Å². The predicted molar refractivity (Wildman–Crippen MR) is 57.4 cm³/mol. The zero-order valence-electron chi connectivity index (χ0n) is 8.60. The van der Waals surface area contributed by atoms with E-state index in [0.717, 1.165) is 5.56 Å². The lowest BCUT2D eigenvalue weighted by Crippen LogP contribution is -2.04. The minimum Gasteiger partial charge on any atom is -0.496 e. The van der Waals surface area contributed by atoms with E-state index >= 15 is 0 Å². The number of hydrogen-bond acceptors (Lipinski definition) is 5. The molecule has 0 saturated carbocycles. The number of benzene rings is 1. The minimum absolute atomic E-state index is 0. The highest BCUT2D eigenvalue weighted by Gasteiger charge is 2.10. The molecule has 0 atom stereocenters. The van der Waals surface area contributed by atoms with E-state index in [1.807, 2.05) is 0 Å². The highest BCUT2D eigenvalue weighted by molar-refractivity contribution is 5.44. The second-order valence-electron chi connectivity index (χ2n) is 2.79. The summed E-state index contributed by atoms with van der Waals surface area (Å²) < 4.78 is 5.03. The Morgan fingerprint density at radius 3 is 2.67 bits per heavy atom. The SMILES string of the molecule is COc1cc([N+](=O)[O-])ccc1CCN.N. The molecule has 6 nitrogen and oxygen atoms in total. The third-order valence-corrected chi connectivity index (χ3v) is 1.90. The van der Waals surface area contributed by atoms with Crippen LogP contribution in [0.3, 0.4) is 0 Å². The molecule has 0 radical (unpaired) electrons. The second kappa shape index (κ2) is 5.94. The van der Waals surface area contributed by atoms with Gasteiger partial charge in [0, 0.05) is 6.07 Å². The molecule has 0 bridgehead atoms. The van der Waals surface area contributed by atoms with Gasteiger partial charge in [-0.25, -0.2) is 0 Å². The summed E-state index contributed by atoms with van der Waals surface area (Å²) in [5.74, 6) is 0.518. The fourth-order valence-electron chi connectivity index (χ4n) is 1.21. The Balaban J connectivity index is 0.00000196. The fourth-order valence-corrected chi connectivity index (χ4v) is 1.21. The number of non-ortho nitro benzene ring substituents is 1. The molecule has 1 rings (SSSR count). The van der Waals surface area contributed by atoms with Gasteiger partial charge in [0.25, 0.3) is 5.69 Å². The second-order valence-corrected chi connectivity index (χ2v) is 2.79. The molecule has 5 N–H and O–H groups in total. The first kappa shape index (κ1) is 13.3. The van der Waals surface area contributed by atoms with Gasteiger partial charge in [-0.05, 0) is 24.6 Å². The van der Waals surface area contributed by atoms with Crippen LogP contribution in [0.25, 0.3) is 0 Å². The summed E-state index contributed by atoms with van der Waals surface area (Å²) in [6.07, 6.45) is 0.654. The number of methoxy groups -OCH3 is 1. The van der Waals surface area contributed by atoms with Gasteiger partial charge in [0.1, 0.15) is 5.75 Å². The van der Waals surface area contributed by atoms with Gasteiger partial charge in [0.05, 0.1) is 18.1 Å². The molecule has 0 aliphatic rings. The van der Waals surface area contributed by atoms with E-state index in [-0.39, 0.29) is 11.8 Å². The van der Waals surface area contributed by atoms with E-state index in [0.29, 0.717) is 18.7 Å². The summed E-state index contributed by atoms with van der Waals surface area (Å²) in [6, 6.07) is 4.53. The van der Waals surface area contributed by atoms with E-state index < -0.39 is 4.92 Å². The lowest BCUT2D eigenvalue weighted by molar-refractivity contribution is -0.384. The number of nitro groups is 1. The molecule has 0 spiro atoms. The lowest BCUT2D eigenvalue weighted by atomic mass is 10.1. The summed E-state index contributed by atoms with van der Waals surface area (Å²) in [4.78, 5) is 10.0. The molecule has 0 heterocycles. The van der Waals surface area contributed by atoms with Crippen LogP contribution in [0.15, 0.2) is 18.2 Å². The fraction of sp³-hybridized carbons (Fsp3) is 0.333. The highest BCUT2D eigenvalue weighted by atomic mass is 16.6. The molecule has 0 amide bonds. The summed E-state index contributed by atoms with van der Waals surface area (Å²) in [6.45, 7) is 0.494. The van der Waals surface area contributed by atoms with Crippen LogP contribution in [0.5, 0.6) is 5.75 Å². The summed E-state index contributed by atoms with van der Waals surface area (Å²) in [7, 11) is 1.49. The van der Waals surface area contributed by atoms with Gasteiger partial charge in [-0.3, -0.25) is 10.1 Å². The maximum Gasteiger partial charge on any atom is 0.273 e. The van der Waals surface area contributed by atoms with Crippen molar-refractivity contribution in [2.45, 2.75) is 6.42 Å². The third kappa shape index (κ3) is 3.19. The molecule has 15 heavy (non-hydrogen) atoms. The molecule has 6 heteroatoms. The average molecular weight is 213 g/mol. The van der Waals surface area contributed by atoms with Crippen molar-refractivity contribution in [1.82, 2.24) is 6.15 Å². The Bertz CT molecular complexity index is 341. The standard InChI is InChI=1S/C9H12N2O3.H3N/c1-14-9-6-8(11(12)13)3-2-7(9)4-5-10;/h2-3,6H,4-5,10H2,1H3;1H3. The number of hydrogen-bond donors (Lipinski definition) is 2. The third-order valence-electron chi connectivity index (χ3n) is 1.90. The van der Waals surface area contributed by atoms with Crippen molar-refractivity contribution >= 4 is 5.69 Å². The normalized spacial score (nSPS) is 9.20. The van der Waals surface area contributed by atoms with E-state index in [2.05, 4.69) is 0 Å². The maximum atomic E-state index is 10.5. The lowest BCUT2D eigenvalue weighted by Gasteiger charge is -2.06. The zero-order valence-corrected chi connectivity index (χ0v) is 8.60. The summed E-state index contributed by atoms with van der Waals surface area (Å²) in [5.41, 5.74) is 6.31. The Hall–Kier alpha value is -1.66. The largest absolute Gasteiger partial charge is 0.496 e. The first-order valence-corrected chi connectivity index (χ1v) is 4.20. The molecule has 1 aromatic rings. The van der Waals surface area contributed by atoms with Gasteiger partial charge < -0.3 is 16.6 Å². The van der Waals surface area contributed by atoms with Crippen LogP contribution in [-0.2, 0) is 6.42 Å². The van der Waals surface area contributed by atoms with Crippen molar-refractivity contribution in [1.29, 1.82) is 0 Å². The summed E-state index contributed by atoms with van der Waals surface area (Å²) >= 11 is 0. The molecule has 84 valence electrons. The van der Waals surface area contributed by atoms with Crippen LogP contribution in [0, 0.1) is 10.1 Å². The van der Waals surface area contributed by atoms with Crippen molar-refractivity contribution in [2.75, 3.05) is 13.7 Å². The predicted octanol–water partition coefficient (Wildman–Crippen LogP) is 1.27. The topological polar surface area (TPSA) is 113 Å². The Kier molecular flexibility index (Phi) is 5.29. The number of ether oxygens (including phenoxy) is 1. The monoisotopic (exact) mass is 213 g/mol. The van der Waals surface area contributed by atoms with E-state index in [1.165, 1.54) is 19.2 Å². The van der Waals surface area contributed by atoms with Gasteiger partial charge in [-0.1, -0.05) is 0 Å². The maximum absolute atomic E-state index is 10.5. The Labute approximate surface area is 87.8 Å². The van der Waals surface area contributed by atoms with Crippen molar-refractivity contribution in [3.8, 4) is 5.75 Å². The van der Waals surface area contributed by atoms with Crippen molar-refractivity contribution < 1.29 is 9.66 Å². The van der Waals surface area contributed by atoms with Gasteiger partial charge in [-0.15, -0.1) is 0 Å². The number of nitro benzene ring substituents is 1. The smallest absolute Gasteiger partial charge is 0.273 e. The quantitative estimate of drug-likeness (QED) is 0.577. The number of rotatable bonds is 4. The summed E-state index contributed by atoms with van der Waals surface area (Å²) in [5, 5.41) is 10.5. The molecule has 0 fully saturated rings. The van der Waals surface area contributed by atoms with E-state index in [9.17, 15) is 10.1 Å². The van der Waals surface area contributed by atoms with Crippen LogP contribution < -0.4 is 16.6 Å². The highest BCUT2D eigenvalue weighted by Crippen LogP contribution is 2.24. The first-order chi connectivity index (χ1) is 6.69. The molecular formula is C9H15N3O3. The zero-order chi connectivity index (χ0) is 10.6. The van der Waals surface area contributed by atoms with Gasteiger partial charge in [0.2, 0.25) is 0 Å². The molecule has 0 aliphatic heterocycles. The average Bonchev–Trinajstić information content (AvgIpc) is 2.18. The Morgan fingerprint density at radius 2 is 2.20 bits per heavy atom. The number of nitrogens with zero attached hydrogens (tertiary/aromatic N) is 1. The van der Waals surface area contributed by atoms with Crippen LogP contribution in [0.2, 0.25) is 0 Å². The molecular weight excluding hydrogens is 198 g/mol. The molecule has 0 aromatic heterocycles. The van der Waals surface area contributed by atoms with Crippen molar-refractivity contribution in [2.24, 2.45) is 5.73 Å². The molecule has 0 saturated heterocycles. The molecule has 0 aliphatic carbocycles. The van der Waals surface area contributed by atoms with Crippen LogP contribution in [0.4, 0.5) is 5.69 Å². The van der Waals surface area contributed by atoms with Gasteiger partial charge in [-0.2, -0.15) is 0 Å². The van der Waals surface area contributed by atoms with Gasteiger partial charge in [0.15, 0.2) is 0 Å². The molecule has 1 aromatic carbocycles. The first-order valence-electron chi connectivity index (χ1n) is 4.20. The Morgan fingerprint density at radius 1 is 1.53 bits per heavy atom. The van der Waals surface area contributed by atoms with Crippen LogP contribution in [-0.4, -0.2) is 18.6 Å². The van der Waals surface area contributed by atoms with Crippen LogP contribution in [0.1, 0.15) is 5.56 Å². The minimum atomic E-state index is -0.450. The van der Waals surface area contributed by atoms with Crippen molar-refractivity contribution in [3.63, 3.8) is 0 Å². The van der Waals surface area contributed by atoms with Crippen molar-refractivity contribution in [3.05, 3.63) is 33.9 Å². The van der Waals surface area contributed by atoms with Gasteiger partial charge >= 0.3 is 0 Å². The van der Waals surface area contributed by atoms with E-state index in [4.69, 9.17) is 10.5 Å². The number of nitrogens with two attached hydrogens (primary N) is 1.